The lowest BCUT2D eigenvalue weighted by Gasteiger charge is -2.23. The molecule has 2 rings (SSSR count). The van der Waals surface area contributed by atoms with E-state index in [1.807, 2.05) is 0 Å². The summed E-state index contributed by atoms with van der Waals surface area (Å²) in [6.45, 7) is 1.86. The Morgan fingerprint density at radius 2 is 2.43 bits per heavy atom. The number of hydrogen-bond acceptors (Lipinski definition) is 5. The van der Waals surface area contributed by atoms with Crippen molar-refractivity contribution >= 4 is 5.69 Å². The van der Waals surface area contributed by atoms with Gasteiger partial charge in [0.1, 0.15) is 6.61 Å². The number of nitrogens with zero attached hydrogens (tertiary/aromatic N) is 1. The van der Waals surface area contributed by atoms with E-state index >= 15 is 0 Å². The second kappa shape index (κ2) is 3.81. The molecular formula is C9H14N4O. The maximum Gasteiger partial charge on any atom is 0.161 e. The van der Waals surface area contributed by atoms with E-state index in [9.17, 15) is 0 Å². The first-order chi connectivity index (χ1) is 6.83. The van der Waals surface area contributed by atoms with Gasteiger partial charge in [-0.15, -0.1) is 0 Å². The molecule has 0 spiro atoms. The number of aromatic nitrogens is 1. The summed E-state index contributed by atoms with van der Waals surface area (Å²) < 4.78 is 5.44. The van der Waals surface area contributed by atoms with Gasteiger partial charge in [0.05, 0.1) is 11.9 Å². The van der Waals surface area contributed by atoms with Crippen molar-refractivity contribution in [1.29, 1.82) is 0 Å². The van der Waals surface area contributed by atoms with Crippen molar-refractivity contribution in [2.45, 2.75) is 6.04 Å². The lowest BCUT2D eigenvalue weighted by Crippen LogP contribution is -2.25. The van der Waals surface area contributed by atoms with Gasteiger partial charge in [0.2, 0.25) is 0 Å². The summed E-state index contributed by atoms with van der Waals surface area (Å²) in [4.78, 5) is 4.07. The van der Waals surface area contributed by atoms with Crippen molar-refractivity contribution in [3.05, 3.63) is 18.0 Å². The Bertz CT molecular complexity index is 329. The van der Waals surface area contributed by atoms with Gasteiger partial charge in [0, 0.05) is 30.9 Å². The standard InChI is InChI=1S/C9H14N4O/c10-3-7(11)6-4-12-5-8-9(6)13-1-2-14-8/h4-5,7,13H,1-3,10-11H2. The minimum Gasteiger partial charge on any atom is -0.488 e. The van der Waals surface area contributed by atoms with E-state index in [0.717, 1.165) is 23.5 Å². The summed E-state index contributed by atoms with van der Waals surface area (Å²) in [7, 11) is 0. The monoisotopic (exact) mass is 194 g/mol. The van der Waals surface area contributed by atoms with Crippen molar-refractivity contribution in [3.63, 3.8) is 0 Å². The Kier molecular flexibility index (Phi) is 2.51. The fourth-order valence-corrected chi connectivity index (χ4v) is 1.50. The van der Waals surface area contributed by atoms with E-state index in [4.69, 9.17) is 16.2 Å². The molecule has 14 heavy (non-hydrogen) atoms. The number of nitrogens with two attached hydrogens (primary N) is 2. The SMILES string of the molecule is NCC(N)c1cncc2c1NCCO2. The van der Waals surface area contributed by atoms with Gasteiger partial charge >= 0.3 is 0 Å². The number of ether oxygens (including phenoxy) is 1. The highest BCUT2D eigenvalue weighted by Crippen LogP contribution is 2.32. The smallest absolute Gasteiger partial charge is 0.161 e. The van der Waals surface area contributed by atoms with E-state index in [2.05, 4.69) is 10.3 Å². The predicted octanol–water partition coefficient (Wildman–Crippen LogP) is -0.156. The topological polar surface area (TPSA) is 86.2 Å². The quantitative estimate of drug-likeness (QED) is 0.609. The van der Waals surface area contributed by atoms with Crippen LogP contribution in [0.15, 0.2) is 12.4 Å². The van der Waals surface area contributed by atoms with Crippen LogP contribution in [0.25, 0.3) is 0 Å². The Morgan fingerprint density at radius 3 is 3.21 bits per heavy atom. The zero-order valence-corrected chi connectivity index (χ0v) is 7.86. The van der Waals surface area contributed by atoms with Crippen LogP contribution in [0, 0.1) is 0 Å². The fraction of sp³-hybridized carbons (Fsp3) is 0.444. The first-order valence-electron chi connectivity index (χ1n) is 4.63. The molecule has 5 nitrogen and oxygen atoms in total. The van der Waals surface area contributed by atoms with Gasteiger partial charge in [0.15, 0.2) is 5.75 Å². The predicted molar refractivity (Wildman–Crippen MR) is 54.2 cm³/mol. The molecule has 0 aromatic carbocycles. The molecule has 1 atom stereocenters. The van der Waals surface area contributed by atoms with Gasteiger partial charge in [-0.2, -0.15) is 0 Å². The Hall–Kier alpha value is -1.33. The molecule has 76 valence electrons. The summed E-state index contributed by atoms with van der Waals surface area (Å²) in [5, 5.41) is 3.25. The van der Waals surface area contributed by atoms with Crippen molar-refractivity contribution < 1.29 is 4.74 Å². The molecule has 0 bridgehead atoms. The van der Waals surface area contributed by atoms with E-state index in [1.54, 1.807) is 12.4 Å². The maximum absolute atomic E-state index is 5.86. The van der Waals surface area contributed by atoms with Crippen LogP contribution in [0.4, 0.5) is 5.69 Å². The summed E-state index contributed by atoms with van der Waals surface area (Å²) in [5.74, 6) is 0.762. The molecule has 5 N–H and O–H groups in total. The van der Waals surface area contributed by atoms with Crippen LogP contribution >= 0.6 is 0 Å². The molecule has 0 saturated heterocycles. The van der Waals surface area contributed by atoms with Gasteiger partial charge in [-0.1, -0.05) is 0 Å². The van der Waals surface area contributed by atoms with Crippen LogP contribution in [0.1, 0.15) is 11.6 Å². The second-order valence-corrected chi connectivity index (χ2v) is 3.22. The van der Waals surface area contributed by atoms with E-state index in [1.165, 1.54) is 0 Å². The van der Waals surface area contributed by atoms with Crippen LogP contribution in [-0.2, 0) is 0 Å². The molecule has 1 aromatic rings. The highest BCUT2D eigenvalue weighted by atomic mass is 16.5. The van der Waals surface area contributed by atoms with Crippen molar-refractivity contribution in [3.8, 4) is 5.75 Å². The first-order valence-corrected chi connectivity index (χ1v) is 4.63. The third-order valence-electron chi connectivity index (χ3n) is 2.26. The van der Waals surface area contributed by atoms with Crippen LogP contribution in [-0.4, -0.2) is 24.7 Å². The number of anilines is 1. The van der Waals surface area contributed by atoms with Gasteiger partial charge < -0.3 is 21.5 Å². The molecule has 0 fully saturated rings. The lowest BCUT2D eigenvalue weighted by atomic mass is 10.1. The zero-order chi connectivity index (χ0) is 9.97. The van der Waals surface area contributed by atoms with Gasteiger partial charge in [-0.05, 0) is 0 Å². The van der Waals surface area contributed by atoms with Crippen molar-refractivity contribution in [2.24, 2.45) is 11.5 Å². The molecule has 1 aromatic heterocycles. The van der Waals surface area contributed by atoms with E-state index < -0.39 is 0 Å². The minimum atomic E-state index is -0.188. The van der Waals surface area contributed by atoms with Crippen LogP contribution in [0.5, 0.6) is 5.75 Å². The maximum atomic E-state index is 5.86. The minimum absolute atomic E-state index is 0.188. The van der Waals surface area contributed by atoms with Gasteiger partial charge in [-0.3, -0.25) is 4.98 Å². The number of hydrogen-bond donors (Lipinski definition) is 3. The highest BCUT2D eigenvalue weighted by molar-refractivity contribution is 5.62. The Labute approximate surface area is 82.4 Å². The first kappa shape index (κ1) is 9.23. The summed E-state index contributed by atoms with van der Waals surface area (Å²) >= 11 is 0. The van der Waals surface area contributed by atoms with Crippen molar-refractivity contribution in [1.82, 2.24) is 4.98 Å². The molecule has 1 aliphatic rings. The molecule has 0 aliphatic carbocycles. The number of nitrogens with one attached hydrogen (secondary N) is 1. The number of pyridine rings is 1. The summed E-state index contributed by atoms with van der Waals surface area (Å²) in [6, 6.07) is -0.188. The molecule has 2 heterocycles. The molecule has 0 saturated carbocycles. The average molecular weight is 194 g/mol. The molecule has 0 amide bonds. The van der Waals surface area contributed by atoms with Crippen LogP contribution < -0.4 is 21.5 Å². The highest BCUT2D eigenvalue weighted by Gasteiger charge is 2.17. The van der Waals surface area contributed by atoms with Crippen LogP contribution in [0.2, 0.25) is 0 Å². The second-order valence-electron chi connectivity index (χ2n) is 3.22. The third-order valence-corrected chi connectivity index (χ3v) is 2.26. The normalized spacial score (nSPS) is 16.4. The largest absolute Gasteiger partial charge is 0.488 e. The van der Waals surface area contributed by atoms with Gasteiger partial charge in [0.25, 0.3) is 0 Å². The Balaban J connectivity index is 2.39. The summed E-state index contributed by atoms with van der Waals surface area (Å²) in [5.41, 5.74) is 13.2. The molecular weight excluding hydrogens is 180 g/mol. The average Bonchev–Trinajstić information content (AvgIpc) is 2.27. The molecule has 0 radical (unpaired) electrons. The van der Waals surface area contributed by atoms with Gasteiger partial charge in [-0.25, -0.2) is 0 Å². The number of fused-ring (bicyclic) bond motifs is 1. The lowest BCUT2D eigenvalue weighted by molar-refractivity contribution is 0.321. The Morgan fingerprint density at radius 1 is 1.57 bits per heavy atom. The summed E-state index contributed by atoms with van der Waals surface area (Å²) in [6.07, 6.45) is 3.42. The molecule has 5 heteroatoms. The van der Waals surface area contributed by atoms with Crippen molar-refractivity contribution in [2.75, 3.05) is 25.0 Å². The van der Waals surface area contributed by atoms with E-state index in [0.29, 0.717) is 13.2 Å². The zero-order valence-electron chi connectivity index (χ0n) is 7.86. The van der Waals surface area contributed by atoms with E-state index in [-0.39, 0.29) is 6.04 Å². The molecule has 1 unspecified atom stereocenters. The van der Waals surface area contributed by atoms with Crippen LogP contribution in [0.3, 0.4) is 0 Å². The number of rotatable bonds is 2. The molecule has 1 aliphatic heterocycles. The third kappa shape index (κ3) is 1.51. The fourth-order valence-electron chi connectivity index (χ4n) is 1.50.